The fourth-order valence-corrected chi connectivity index (χ4v) is 7.29. The molecule has 2 fully saturated rings. The molecule has 1 aliphatic carbocycles. The lowest BCUT2D eigenvalue weighted by atomic mass is 9.76. The summed E-state index contributed by atoms with van der Waals surface area (Å²) < 4.78 is 51.4. The van der Waals surface area contributed by atoms with Gasteiger partial charge in [0.25, 0.3) is 0 Å². The van der Waals surface area contributed by atoms with Gasteiger partial charge in [0, 0.05) is 57.2 Å². The van der Waals surface area contributed by atoms with Gasteiger partial charge in [0.1, 0.15) is 0 Å². The topological polar surface area (TPSA) is 83.9 Å². The van der Waals surface area contributed by atoms with Crippen molar-refractivity contribution in [3.8, 4) is 0 Å². The molecule has 11 heteroatoms. The van der Waals surface area contributed by atoms with Crippen molar-refractivity contribution in [2.45, 2.75) is 74.8 Å². The second kappa shape index (κ2) is 12.0. The number of alkyl halides is 3. The Morgan fingerprint density at radius 2 is 2.12 bits per heavy atom. The van der Waals surface area contributed by atoms with Crippen LogP contribution in [0.1, 0.15) is 54.2 Å². The minimum absolute atomic E-state index is 0.00532. The Kier molecular flexibility index (Phi) is 8.83. The predicted molar refractivity (Wildman–Crippen MR) is 146 cm³/mol. The highest BCUT2D eigenvalue weighted by Gasteiger charge is 2.54. The first-order valence-electron chi connectivity index (χ1n) is 13.8. The van der Waals surface area contributed by atoms with Gasteiger partial charge in [-0.25, -0.2) is 0 Å². The number of aliphatic hydroxyl groups excluding tert-OH is 1. The van der Waals surface area contributed by atoms with E-state index in [0.29, 0.717) is 50.3 Å². The van der Waals surface area contributed by atoms with Crippen LogP contribution in [0.5, 0.6) is 0 Å². The molecule has 3 heterocycles. The number of hydrogen-bond donors (Lipinski definition) is 2. The summed E-state index contributed by atoms with van der Waals surface area (Å²) in [5, 5.41) is 15.0. The van der Waals surface area contributed by atoms with Gasteiger partial charge in [0.2, 0.25) is 5.91 Å². The van der Waals surface area contributed by atoms with Crippen molar-refractivity contribution >= 4 is 15.1 Å². The molecule has 1 aromatic carbocycles. The van der Waals surface area contributed by atoms with E-state index < -0.39 is 23.3 Å². The molecular formula is C29H37F3N3O4P. The van der Waals surface area contributed by atoms with E-state index >= 15 is 0 Å². The van der Waals surface area contributed by atoms with E-state index in [0.717, 1.165) is 24.2 Å². The van der Waals surface area contributed by atoms with E-state index in [1.165, 1.54) is 0 Å². The summed E-state index contributed by atoms with van der Waals surface area (Å²) >= 11 is 0. The molecule has 218 valence electrons. The number of nitrogens with zero attached hydrogens (tertiary/aromatic N) is 2. The zero-order valence-electron chi connectivity index (χ0n) is 22.6. The number of halogens is 3. The van der Waals surface area contributed by atoms with Gasteiger partial charge in [0.05, 0.1) is 29.8 Å². The number of carbonyl (C=O) groups excluding carboxylic acids is 1. The van der Waals surface area contributed by atoms with Crippen molar-refractivity contribution < 1.29 is 32.5 Å². The highest BCUT2D eigenvalue weighted by Crippen LogP contribution is 2.50. The molecule has 1 amide bonds. The molecule has 7 unspecified atom stereocenters. The summed E-state index contributed by atoms with van der Waals surface area (Å²) in [5.74, 6) is -0.134. The molecule has 1 aromatic heterocycles. The molecule has 0 bridgehead atoms. The highest BCUT2D eigenvalue weighted by molar-refractivity contribution is 7.17. The summed E-state index contributed by atoms with van der Waals surface area (Å²) in [5.41, 5.74) is -0.126. The lowest BCUT2D eigenvalue weighted by molar-refractivity contribution is -0.145. The molecule has 7 nitrogen and oxygen atoms in total. The fraction of sp³-hybridized carbons (Fsp3) is 0.586. The van der Waals surface area contributed by atoms with Crippen molar-refractivity contribution in [1.29, 1.82) is 0 Å². The molecule has 40 heavy (non-hydrogen) atoms. The van der Waals surface area contributed by atoms with Gasteiger partial charge in [-0.05, 0) is 48.5 Å². The Hall–Kier alpha value is -2.10. The maximum absolute atomic E-state index is 14.4. The first kappa shape index (κ1) is 29.4. The highest BCUT2D eigenvalue weighted by atomic mass is 31.0. The zero-order valence-corrected chi connectivity index (χ0v) is 23.7. The van der Waals surface area contributed by atoms with Crippen molar-refractivity contribution in [3.63, 3.8) is 0 Å². The second-order valence-electron chi connectivity index (χ2n) is 11.2. The SMILES string of the molecule is COC1COCCC1NC1CC(P)C(CC(O)c2ccccc2)(C(=O)N2CCc3ncc(C(F)(F)F)cc3C2)C1. The van der Waals surface area contributed by atoms with Crippen molar-refractivity contribution in [2.24, 2.45) is 5.41 Å². The molecular weight excluding hydrogens is 542 g/mol. The van der Waals surface area contributed by atoms with E-state index in [-0.39, 0.29) is 42.7 Å². The van der Waals surface area contributed by atoms with Crippen LogP contribution in [-0.2, 0) is 33.4 Å². The first-order valence-corrected chi connectivity index (χ1v) is 14.5. The molecule has 0 radical (unpaired) electrons. The van der Waals surface area contributed by atoms with Crippen LogP contribution in [-0.4, -0.2) is 71.6 Å². The van der Waals surface area contributed by atoms with Crippen LogP contribution in [0.2, 0.25) is 0 Å². The minimum Gasteiger partial charge on any atom is -0.388 e. The van der Waals surface area contributed by atoms with Gasteiger partial charge < -0.3 is 24.8 Å². The maximum atomic E-state index is 14.4. The van der Waals surface area contributed by atoms with Gasteiger partial charge in [-0.1, -0.05) is 30.3 Å². The lowest BCUT2D eigenvalue weighted by Gasteiger charge is -2.40. The number of methoxy groups -OCH3 is 1. The maximum Gasteiger partial charge on any atom is 0.417 e. The molecule has 2 aliphatic heterocycles. The van der Waals surface area contributed by atoms with E-state index in [2.05, 4.69) is 19.5 Å². The number of amides is 1. The quantitative estimate of drug-likeness (QED) is 0.485. The number of aliphatic hydroxyl groups is 1. The third kappa shape index (κ3) is 6.07. The van der Waals surface area contributed by atoms with Crippen LogP contribution < -0.4 is 5.32 Å². The van der Waals surface area contributed by atoms with Crippen LogP contribution in [0, 0.1) is 5.41 Å². The second-order valence-corrected chi connectivity index (χ2v) is 12.0. The molecule has 1 saturated heterocycles. The van der Waals surface area contributed by atoms with Gasteiger partial charge in [0.15, 0.2) is 0 Å². The van der Waals surface area contributed by atoms with Gasteiger partial charge in [-0.2, -0.15) is 13.2 Å². The number of aromatic nitrogens is 1. The number of nitrogens with one attached hydrogen (secondary N) is 1. The fourth-order valence-electron chi connectivity index (χ4n) is 6.55. The van der Waals surface area contributed by atoms with Crippen LogP contribution in [0.15, 0.2) is 42.6 Å². The average Bonchev–Trinajstić information content (AvgIpc) is 3.27. The molecule has 2 aromatic rings. The Morgan fingerprint density at radius 1 is 1.35 bits per heavy atom. The monoisotopic (exact) mass is 579 g/mol. The van der Waals surface area contributed by atoms with E-state index in [1.54, 1.807) is 12.0 Å². The van der Waals surface area contributed by atoms with Crippen molar-refractivity contribution in [2.75, 3.05) is 26.9 Å². The molecule has 7 atom stereocenters. The number of fused-ring (bicyclic) bond motifs is 1. The Bertz CT molecular complexity index is 1190. The summed E-state index contributed by atoms with van der Waals surface area (Å²) in [6, 6.07) is 10.5. The molecule has 3 aliphatic rings. The third-order valence-electron chi connectivity index (χ3n) is 8.74. The van der Waals surface area contributed by atoms with E-state index in [4.69, 9.17) is 9.47 Å². The number of pyridine rings is 1. The van der Waals surface area contributed by atoms with Crippen molar-refractivity contribution in [1.82, 2.24) is 15.2 Å². The Morgan fingerprint density at radius 3 is 2.85 bits per heavy atom. The van der Waals surface area contributed by atoms with Gasteiger partial charge >= 0.3 is 6.18 Å². The molecule has 0 spiro atoms. The average molecular weight is 580 g/mol. The number of hydrogen-bond acceptors (Lipinski definition) is 6. The van der Waals surface area contributed by atoms with Crippen molar-refractivity contribution in [3.05, 3.63) is 65.0 Å². The lowest BCUT2D eigenvalue weighted by Crippen LogP contribution is -2.52. The first-order chi connectivity index (χ1) is 19.1. The standard InChI is InChI=1S/C29H37F3N3O4P/c1-38-25-17-39-10-8-23(25)34-21-12-26(40)28(13-21,14-24(36)18-5-3-2-4-6-18)27(37)35-9-7-22-19(16-35)11-20(15-33-22)29(30,31)32/h2-6,11,15,21,23-26,34,36H,7-10,12-14,16-17,40H2,1H3. The summed E-state index contributed by atoms with van der Waals surface area (Å²) in [4.78, 5) is 20.2. The zero-order chi connectivity index (χ0) is 28.5. The van der Waals surface area contributed by atoms with Crippen LogP contribution >= 0.6 is 9.24 Å². The summed E-state index contributed by atoms with van der Waals surface area (Å²) in [6.45, 7) is 1.57. The molecule has 1 saturated carbocycles. The van der Waals surface area contributed by atoms with E-state index in [1.807, 2.05) is 30.3 Å². The molecule has 5 rings (SSSR count). The molecule has 2 N–H and O–H groups in total. The van der Waals surface area contributed by atoms with E-state index in [9.17, 15) is 23.1 Å². The van der Waals surface area contributed by atoms with Crippen LogP contribution in [0.4, 0.5) is 13.2 Å². The largest absolute Gasteiger partial charge is 0.417 e. The predicted octanol–water partition coefficient (Wildman–Crippen LogP) is 3.89. The number of benzene rings is 1. The van der Waals surface area contributed by atoms with Gasteiger partial charge in [-0.3, -0.25) is 9.78 Å². The third-order valence-corrected chi connectivity index (χ3v) is 9.65. The number of carbonyl (C=O) groups is 1. The van der Waals surface area contributed by atoms with Crippen LogP contribution in [0.25, 0.3) is 0 Å². The Balaban J connectivity index is 1.41. The summed E-state index contributed by atoms with van der Waals surface area (Å²) in [7, 11) is 4.50. The normalized spacial score (nSPS) is 29.7. The summed E-state index contributed by atoms with van der Waals surface area (Å²) in [6.07, 6.45) is -1.99. The van der Waals surface area contributed by atoms with Gasteiger partial charge in [-0.15, -0.1) is 9.24 Å². The smallest absolute Gasteiger partial charge is 0.388 e. The minimum atomic E-state index is -4.50. The van der Waals surface area contributed by atoms with Crippen LogP contribution in [0.3, 0.4) is 0 Å². The number of ether oxygens (including phenoxy) is 2. The number of rotatable bonds is 7. The Labute approximate surface area is 235 Å².